The third-order valence-electron chi connectivity index (χ3n) is 4.19. The summed E-state index contributed by atoms with van der Waals surface area (Å²) in [5, 5.41) is 10.9. The summed E-state index contributed by atoms with van der Waals surface area (Å²) in [6.45, 7) is 4.60. The summed E-state index contributed by atoms with van der Waals surface area (Å²) >= 11 is 3.43. The van der Waals surface area contributed by atoms with Crippen molar-refractivity contribution in [1.82, 2.24) is 19.9 Å². The van der Waals surface area contributed by atoms with Crippen LogP contribution < -0.4 is 5.32 Å². The summed E-state index contributed by atoms with van der Waals surface area (Å²) in [7, 11) is 1.60. The molecule has 0 spiro atoms. The molecule has 7 nitrogen and oxygen atoms in total. The molecule has 8 heteroatoms. The first-order valence-corrected chi connectivity index (χ1v) is 9.33. The summed E-state index contributed by atoms with van der Waals surface area (Å²) in [5.41, 5.74) is 3.76. The van der Waals surface area contributed by atoms with E-state index in [1.807, 2.05) is 38.1 Å². The van der Waals surface area contributed by atoms with Gasteiger partial charge in [0.05, 0.1) is 17.7 Å². The lowest BCUT2D eigenvalue weighted by Crippen LogP contribution is -2.35. The van der Waals surface area contributed by atoms with Gasteiger partial charge in [0, 0.05) is 23.6 Å². The lowest BCUT2D eigenvalue weighted by atomic mass is 10.1. The summed E-state index contributed by atoms with van der Waals surface area (Å²) in [5.74, 6) is -0.519. The lowest BCUT2D eigenvalue weighted by molar-refractivity contribution is -0.116. The average molecular weight is 430 g/mol. The molecule has 27 heavy (non-hydrogen) atoms. The minimum Gasteiger partial charge on any atom is -0.332 e. The number of aromatic nitrogens is 3. The Balaban J connectivity index is 1.68. The topological polar surface area (TPSA) is 80.1 Å². The molecule has 140 valence electrons. The van der Waals surface area contributed by atoms with Gasteiger partial charge in [-0.25, -0.2) is 4.68 Å². The first-order valence-electron chi connectivity index (χ1n) is 8.53. The summed E-state index contributed by atoms with van der Waals surface area (Å²) in [4.78, 5) is 26.3. The first-order chi connectivity index (χ1) is 12.9. The molecule has 0 aliphatic carbocycles. The molecule has 1 N–H and O–H groups in total. The number of carbonyl (C=O) groups excluding carboxylic acids is 2. The maximum Gasteiger partial charge on any atom is 0.254 e. The highest BCUT2D eigenvalue weighted by atomic mass is 79.9. The Kier molecular flexibility index (Phi) is 5.55. The Morgan fingerprint density at radius 2 is 2.00 bits per heavy atom. The average Bonchev–Trinajstić information content (AvgIpc) is 3.05. The minimum absolute atomic E-state index is 0.0567. The van der Waals surface area contributed by atoms with Gasteiger partial charge < -0.3 is 10.2 Å². The monoisotopic (exact) mass is 429 g/mol. The van der Waals surface area contributed by atoms with Crippen LogP contribution in [0.1, 0.15) is 22.8 Å². The van der Waals surface area contributed by atoms with Crippen molar-refractivity contribution in [1.29, 1.82) is 0 Å². The van der Waals surface area contributed by atoms with Gasteiger partial charge in [-0.3, -0.25) is 9.59 Å². The molecule has 0 unspecified atom stereocenters. The van der Waals surface area contributed by atoms with Gasteiger partial charge in [-0.15, -0.1) is 5.10 Å². The summed E-state index contributed by atoms with van der Waals surface area (Å²) in [6, 6.07) is 10.9. The van der Waals surface area contributed by atoms with Crippen LogP contribution in [0.15, 0.2) is 40.9 Å². The van der Waals surface area contributed by atoms with Gasteiger partial charge in [0.1, 0.15) is 5.52 Å². The van der Waals surface area contributed by atoms with Crippen molar-refractivity contribution >= 4 is 44.5 Å². The maximum absolute atomic E-state index is 12.6. The van der Waals surface area contributed by atoms with E-state index in [-0.39, 0.29) is 18.4 Å². The number of benzene rings is 2. The van der Waals surface area contributed by atoms with E-state index in [0.29, 0.717) is 23.3 Å². The van der Waals surface area contributed by atoms with Crippen molar-refractivity contribution in [3.05, 3.63) is 52.0 Å². The number of anilines is 1. The van der Waals surface area contributed by atoms with Crippen molar-refractivity contribution in [3.63, 3.8) is 0 Å². The van der Waals surface area contributed by atoms with Gasteiger partial charge in [-0.05, 0) is 65.7 Å². The molecular formula is C19H20BrN5O2. The number of likely N-dealkylation sites (N-methyl/N-ethyl adjacent to an activating group) is 1. The molecule has 0 aliphatic rings. The van der Waals surface area contributed by atoms with Crippen LogP contribution in [0.5, 0.6) is 0 Å². The van der Waals surface area contributed by atoms with Gasteiger partial charge in [0.15, 0.2) is 0 Å². The Morgan fingerprint density at radius 3 is 2.70 bits per heavy atom. The number of rotatable bonds is 5. The highest BCUT2D eigenvalue weighted by Crippen LogP contribution is 2.23. The zero-order valence-corrected chi connectivity index (χ0v) is 16.9. The number of aryl methyl sites for hydroxylation is 2. The van der Waals surface area contributed by atoms with Gasteiger partial charge in [0.2, 0.25) is 5.91 Å². The molecule has 1 aromatic heterocycles. The molecule has 0 saturated heterocycles. The van der Waals surface area contributed by atoms with Gasteiger partial charge in [-0.2, -0.15) is 0 Å². The van der Waals surface area contributed by atoms with Crippen molar-refractivity contribution in [2.24, 2.45) is 0 Å². The fourth-order valence-corrected chi connectivity index (χ4v) is 3.35. The smallest absolute Gasteiger partial charge is 0.254 e. The molecule has 2 aromatic carbocycles. The summed E-state index contributed by atoms with van der Waals surface area (Å²) in [6.07, 6.45) is 0. The molecular weight excluding hydrogens is 410 g/mol. The standard InChI is InChI=1S/C19H20BrN5O2/c1-4-25-17-8-6-13(10-16(17)22-23-25)19(27)24(3)11-18(26)21-15-7-5-12(2)9-14(15)20/h5-10H,4,11H2,1-3H3,(H,21,26). The van der Waals surface area contributed by atoms with Crippen molar-refractivity contribution in [3.8, 4) is 0 Å². The fourth-order valence-electron chi connectivity index (χ4n) is 2.76. The molecule has 0 fully saturated rings. The predicted molar refractivity (Wildman–Crippen MR) is 108 cm³/mol. The number of hydrogen-bond donors (Lipinski definition) is 1. The molecule has 3 aromatic rings. The number of fused-ring (bicyclic) bond motifs is 1. The number of amides is 2. The van der Waals surface area contributed by atoms with Crippen LogP contribution in [0.25, 0.3) is 11.0 Å². The van der Waals surface area contributed by atoms with E-state index in [4.69, 9.17) is 0 Å². The zero-order valence-electron chi connectivity index (χ0n) is 15.4. The Hall–Kier alpha value is -2.74. The molecule has 0 bridgehead atoms. The Morgan fingerprint density at radius 1 is 1.22 bits per heavy atom. The van der Waals surface area contributed by atoms with Crippen LogP contribution >= 0.6 is 15.9 Å². The SMILES string of the molecule is CCn1nnc2cc(C(=O)N(C)CC(=O)Nc3ccc(C)cc3Br)ccc21. The third kappa shape index (κ3) is 4.16. The zero-order chi connectivity index (χ0) is 19.6. The van der Waals surface area contributed by atoms with Gasteiger partial charge in [0.25, 0.3) is 5.91 Å². The quantitative estimate of drug-likeness (QED) is 0.674. The van der Waals surface area contributed by atoms with Crippen LogP contribution in [0.4, 0.5) is 5.69 Å². The second-order valence-electron chi connectivity index (χ2n) is 6.30. The fraction of sp³-hybridized carbons (Fsp3) is 0.263. The van der Waals surface area contributed by atoms with Crippen LogP contribution in [-0.2, 0) is 11.3 Å². The first kappa shape index (κ1) is 19.0. The Bertz CT molecular complexity index is 1010. The highest BCUT2D eigenvalue weighted by Gasteiger charge is 2.17. The second kappa shape index (κ2) is 7.87. The molecule has 1 heterocycles. The van der Waals surface area contributed by atoms with Crippen LogP contribution in [0.3, 0.4) is 0 Å². The third-order valence-corrected chi connectivity index (χ3v) is 4.84. The minimum atomic E-state index is -0.270. The molecule has 0 atom stereocenters. The van der Waals surface area contributed by atoms with Crippen molar-refractivity contribution < 1.29 is 9.59 Å². The maximum atomic E-state index is 12.6. The van der Waals surface area contributed by atoms with E-state index < -0.39 is 0 Å². The van der Waals surface area contributed by atoms with E-state index in [1.165, 1.54) is 4.90 Å². The van der Waals surface area contributed by atoms with Gasteiger partial charge in [-0.1, -0.05) is 11.3 Å². The number of hydrogen-bond acceptors (Lipinski definition) is 4. The largest absolute Gasteiger partial charge is 0.332 e. The van der Waals surface area contributed by atoms with Crippen LogP contribution in [-0.4, -0.2) is 45.3 Å². The van der Waals surface area contributed by atoms with Crippen molar-refractivity contribution in [2.75, 3.05) is 18.9 Å². The van der Waals surface area contributed by atoms with E-state index >= 15 is 0 Å². The van der Waals surface area contributed by atoms with E-state index in [1.54, 1.807) is 23.9 Å². The van der Waals surface area contributed by atoms with Crippen molar-refractivity contribution in [2.45, 2.75) is 20.4 Å². The number of carbonyl (C=O) groups is 2. The number of halogens is 1. The molecule has 2 amide bonds. The second-order valence-corrected chi connectivity index (χ2v) is 7.16. The molecule has 0 radical (unpaired) electrons. The van der Waals surface area contributed by atoms with E-state index in [2.05, 4.69) is 31.6 Å². The highest BCUT2D eigenvalue weighted by molar-refractivity contribution is 9.10. The van der Waals surface area contributed by atoms with Gasteiger partial charge >= 0.3 is 0 Å². The normalized spacial score (nSPS) is 10.8. The molecule has 0 saturated carbocycles. The Labute approximate surface area is 165 Å². The summed E-state index contributed by atoms with van der Waals surface area (Å²) < 4.78 is 2.56. The van der Waals surface area contributed by atoms with Crippen LogP contribution in [0, 0.1) is 6.92 Å². The van der Waals surface area contributed by atoms with E-state index in [9.17, 15) is 9.59 Å². The molecule has 0 aliphatic heterocycles. The lowest BCUT2D eigenvalue weighted by Gasteiger charge is -2.17. The number of nitrogens with zero attached hydrogens (tertiary/aromatic N) is 4. The van der Waals surface area contributed by atoms with E-state index in [0.717, 1.165) is 15.6 Å². The predicted octanol–water partition coefficient (Wildman–Crippen LogP) is 3.23. The number of nitrogens with one attached hydrogen (secondary N) is 1. The van der Waals surface area contributed by atoms with Crippen LogP contribution in [0.2, 0.25) is 0 Å². The molecule has 3 rings (SSSR count).